The minimum atomic E-state index is -0.715. The van der Waals surface area contributed by atoms with Crippen molar-refractivity contribution < 1.29 is 13.9 Å². The standard InChI is InChI=1S/C26H33FN4O3/c1-19-15-22(16-20(17-27)26(19)29-33)28-21-7-9-24(10-8-21)34-18-25(32)31-13-11-30(12-14-31)23-5-3-2-4-6-23/h2-6,15-16,21,24,28H,7-14,17-18H2,1H3. The van der Waals surface area contributed by atoms with E-state index in [9.17, 15) is 14.1 Å². The molecule has 2 aliphatic rings. The number of aryl methyl sites for hydroxylation is 1. The fourth-order valence-electron chi connectivity index (χ4n) is 4.91. The van der Waals surface area contributed by atoms with E-state index < -0.39 is 6.67 Å². The summed E-state index contributed by atoms with van der Waals surface area (Å²) in [5, 5.41) is 6.41. The van der Waals surface area contributed by atoms with E-state index in [2.05, 4.69) is 27.5 Å². The van der Waals surface area contributed by atoms with E-state index in [0.717, 1.165) is 44.5 Å². The quantitative estimate of drug-likeness (QED) is 0.555. The molecule has 4 rings (SSSR count). The highest BCUT2D eigenvalue weighted by Crippen LogP contribution is 2.31. The van der Waals surface area contributed by atoms with E-state index in [4.69, 9.17) is 4.74 Å². The highest BCUT2D eigenvalue weighted by atomic mass is 19.1. The zero-order chi connectivity index (χ0) is 23.9. The lowest BCUT2D eigenvalue weighted by Crippen LogP contribution is -2.50. The summed E-state index contributed by atoms with van der Waals surface area (Å²) in [5.41, 5.74) is 3.19. The number of nitroso groups, excluding NO2 is 1. The second-order valence-corrected chi connectivity index (χ2v) is 9.16. The van der Waals surface area contributed by atoms with Gasteiger partial charge in [0.15, 0.2) is 0 Å². The largest absolute Gasteiger partial charge is 0.382 e. The summed E-state index contributed by atoms with van der Waals surface area (Å²) in [6, 6.07) is 14.1. The van der Waals surface area contributed by atoms with Crippen LogP contribution in [-0.4, -0.2) is 55.7 Å². The number of nitrogens with one attached hydrogen (secondary N) is 1. The highest BCUT2D eigenvalue weighted by Gasteiger charge is 2.25. The molecule has 0 aromatic heterocycles. The van der Waals surface area contributed by atoms with Crippen molar-refractivity contribution in [2.75, 3.05) is 43.0 Å². The molecule has 0 radical (unpaired) electrons. The number of rotatable bonds is 8. The number of carbonyl (C=O) groups is 1. The van der Waals surface area contributed by atoms with Crippen LogP contribution in [0.5, 0.6) is 0 Å². The van der Waals surface area contributed by atoms with Crippen molar-refractivity contribution >= 4 is 23.0 Å². The third-order valence-corrected chi connectivity index (χ3v) is 6.86. The van der Waals surface area contributed by atoms with Crippen LogP contribution in [0, 0.1) is 11.8 Å². The molecule has 0 unspecified atom stereocenters. The zero-order valence-corrected chi connectivity index (χ0v) is 19.7. The van der Waals surface area contributed by atoms with Crippen molar-refractivity contribution in [2.45, 2.75) is 51.4 Å². The summed E-state index contributed by atoms with van der Waals surface area (Å²) in [7, 11) is 0. The molecular formula is C26H33FN4O3. The van der Waals surface area contributed by atoms with Gasteiger partial charge in [-0.2, -0.15) is 0 Å². The second-order valence-electron chi connectivity index (χ2n) is 9.16. The molecular weight excluding hydrogens is 435 g/mol. The molecule has 1 saturated carbocycles. The molecule has 34 heavy (non-hydrogen) atoms. The Labute approximate surface area is 200 Å². The maximum atomic E-state index is 13.3. The predicted octanol–water partition coefficient (Wildman–Crippen LogP) is 4.95. The highest BCUT2D eigenvalue weighted by molar-refractivity contribution is 5.77. The molecule has 8 heteroatoms. The van der Waals surface area contributed by atoms with Gasteiger partial charge in [0.1, 0.15) is 19.0 Å². The number of hydrogen-bond acceptors (Lipinski definition) is 6. The van der Waals surface area contributed by atoms with Crippen LogP contribution in [0.2, 0.25) is 0 Å². The monoisotopic (exact) mass is 468 g/mol. The minimum absolute atomic E-state index is 0.0612. The molecule has 1 heterocycles. The summed E-state index contributed by atoms with van der Waals surface area (Å²) < 4.78 is 19.2. The molecule has 1 N–H and O–H groups in total. The second kappa shape index (κ2) is 11.4. The van der Waals surface area contributed by atoms with E-state index in [1.54, 1.807) is 13.0 Å². The van der Waals surface area contributed by atoms with Crippen molar-refractivity contribution in [3.8, 4) is 0 Å². The van der Waals surface area contributed by atoms with Gasteiger partial charge in [-0.25, -0.2) is 4.39 Å². The molecule has 0 bridgehead atoms. The Morgan fingerprint density at radius 2 is 1.79 bits per heavy atom. The van der Waals surface area contributed by atoms with Gasteiger partial charge in [0.2, 0.25) is 5.91 Å². The summed E-state index contributed by atoms with van der Waals surface area (Å²) in [4.78, 5) is 27.8. The normalized spacial score (nSPS) is 20.8. The first-order valence-electron chi connectivity index (χ1n) is 12.1. The Morgan fingerprint density at radius 1 is 1.09 bits per heavy atom. The van der Waals surface area contributed by atoms with Crippen LogP contribution in [0.3, 0.4) is 0 Å². The maximum Gasteiger partial charge on any atom is 0.248 e. The van der Waals surface area contributed by atoms with Gasteiger partial charge in [-0.1, -0.05) is 18.2 Å². The first-order valence-corrected chi connectivity index (χ1v) is 12.1. The average molecular weight is 469 g/mol. The number of benzene rings is 2. The molecule has 0 atom stereocenters. The van der Waals surface area contributed by atoms with Gasteiger partial charge < -0.3 is 19.9 Å². The van der Waals surface area contributed by atoms with Crippen molar-refractivity contribution in [3.63, 3.8) is 0 Å². The van der Waals surface area contributed by atoms with E-state index in [1.165, 1.54) is 5.69 Å². The SMILES string of the molecule is Cc1cc(NC2CCC(OCC(=O)N3CCN(c4ccccc4)CC3)CC2)cc(CF)c1N=O. The average Bonchev–Trinajstić information content (AvgIpc) is 2.88. The maximum absolute atomic E-state index is 13.3. The van der Waals surface area contributed by atoms with E-state index in [0.29, 0.717) is 24.2 Å². The van der Waals surface area contributed by atoms with Gasteiger partial charge >= 0.3 is 0 Å². The summed E-state index contributed by atoms with van der Waals surface area (Å²) in [5.74, 6) is 0.0612. The van der Waals surface area contributed by atoms with Crippen LogP contribution in [0.4, 0.5) is 21.5 Å². The minimum Gasteiger partial charge on any atom is -0.382 e. The number of ether oxygens (including phenoxy) is 1. The number of nitrogens with zero attached hydrogens (tertiary/aromatic N) is 3. The van der Waals surface area contributed by atoms with Gasteiger partial charge in [0.05, 0.1) is 6.10 Å². The molecule has 2 aromatic rings. The van der Waals surface area contributed by atoms with E-state index >= 15 is 0 Å². The van der Waals surface area contributed by atoms with Crippen LogP contribution in [0.25, 0.3) is 0 Å². The first kappa shape index (κ1) is 24.1. The Kier molecular flexibility index (Phi) is 8.11. The van der Waals surface area contributed by atoms with Crippen LogP contribution in [-0.2, 0) is 16.2 Å². The fourth-order valence-corrected chi connectivity index (χ4v) is 4.91. The van der Waals surface area contributed by atoms with Gasteiger partial charge in [-0.15, -0.1) is 4.91 Å². The Balaban J connectivity index is 1.18. The van der Waals surface area contributed by atoms with Crippen LogP contribution in [0.15, 0.2) is 47.6 Å². The third kappa shape index (κ3) is 5.91. The number of para-hydroxylation sites is 1. The molecule has 1 saturated heterocycles. The Hall–Kier alpha value is -3.00. The number of alkyl halides is 1. The summed E-state index contributed by atoms with van der Waals surface area (Å²) in [6.07, 6.45) is 3.64. The molecule has 7 nitrogen and oxygen atoms in total. The number of anilines is 2. The number of halogens is 1. The van der Waals surface area contributed by atoms with Gasteiger partial charge in [-0.05, 0) is 67.6 Å². The molecule has 2 fully saturated rings. The lowest BCUT2D eigenvalue weighted by atomic mass is 9.92. The lowest BCUT2D eigenvalue weighted by Gasteiger charge is -2.36. The van der Waals surface area contributed by atoms with E-state index in [-0.39, 0.29) is 30.3 Å². The number of carbonyl (C=O) groups excluding carboxylic acids is 1. The Morgan fingerprint density at radius 3 is 2.44 bits per heavy atom. The topological polar surface area (TPSA) is 74.2 Å². The van der Waals surface area contributed by atoms with Gasteiger partial charge in [-0.3, -0.25) is 4.79 Å². The van der Waals surface area contributed by atoms with Crippen molar-refractivity contribution in [1.82, 2.24) is 4.90 Å². The van der Waals surface area contributed by atoms with Gasteiger partial charge in [0, 0.05) is 49.2 Å². The number of amides is 1. The lowest BCUT2D eigenvalue weighted by molar-refractivity contribution is -0.139. The fraction of sp³-hybridized carbons (Fsp3) is 0.500. The number of piperazine rings is 1. The molecule has 2 aromatic carbocycles. The van der Waals surface area contributed by atoms with Gasteiger partial charge in [0.25, 0.3) is 0 Å². The molecule has 1 aliphatic heterocycles. The summed E-state index contributed by atoms with van der Waals surface area (Å²) in [6.45, 7) is 4.28. The first-order chi connectivity index (χ1) is 16.6. The smallest absolute Gasteiger partial charge is 0.248 e. The van der Waals surface area contributed by atoms with Crippen molar-refractivity contribution in [3.05, 3.63) is 58.5 Å². The van der Waals surface area contributed by atoms with Crippen LogP contribution < -0.4 is 10.2 Å². The Bertz CT molecular complexity index is 972. The molecule has 182 valence electrons. The van der Waals surface area contributed by atoms with E-state index in [1.807, 2.05) is 29.2 Å². The predicted molar refractivity (Wildman–Crippen MR) is 132 cm³/mol. The zero-order valence-electron chi connectivity index (χ0n) is 19.7. The van der Waals surface area contributed by atoms with Crippen LogP contribution in [0.1, 0.15) is 36.8 Å². The summed E-state index contributed by atoms with van der Waals surface area (Å²) >= 11 is 0. The molecule has 0 spiro atoms. The number of hydrogen-bond donors (Lipinski definition) is 1. The third-order valence-electron chi connectivity index (χ3n) is 6.86. The molecule has 1 aliphatic carbocycles. The molecule has 1 amide bonds. The van der Waals surface area contributed by atoms with Crippen molar-refractivity contribution in [2.24, 2.45) is 5.18 Å². The van der Waals surface area contributed by atoms with Crippen molar-refractivity contribution in [1.29, 1.82) is 0 Å². The van der Waals surface area contributed by atoms with Crippen LogP contribution >= 0.6 is 0 Å².